The minimum Gasteiger partial charge on any atom is -0.456 e. The number of rotatable bonds is 7. The molecule has 3 heteroatoms. The van der Waals surface area contributed by atoms with E-state index in [0.29, 0.717) is 0 Å². The first kappa shape index (κ1) is 36.3. The van der Waals surface area contributed by atoms with Crippen molar-refractivity contribution < 1.29 is 8.83 Å². The fourth-order valence-corrected chi connectivity index (χ4v) is 10.5. The number of hydrogen-bond donors (Lipinski definition) is 0. The van der Waals surface area contributed by atoms with Crippen LogP contribution in [0.2, 0.25) is 0 Å². The lowest BCUT2D eigenvalue weighted by Gasteiger charge is -2.35. The minimum atomic E-state index is -0.547. The van der Waals surface area contributed by atoms with Crippen molar-refractivity contribution in [1.82, 2.24) is 0 Å². The highest BCUT2D eigenvalue weighted by molar-refractivity contribution is 6.19. The Kier molecular flexibility index (Phi) is 8.13. The van der Waals surface area contributed by atoms with Crippen LogP contribution in [0.25, 0.3) is 77.3 Å². The molecule has 1 aliphatic rings. The van der Waals surface area contributed by atoms with Gasteiger partial charge in [-0.05, 0) is 116 Å². The molecule has 0 bridgehead atoms. The molecule has 13 rings (SSSR count). The Bertz CT molecular complexity index is 3660. The molecule has 300 valence electrons. The average molecular weight is 818 g/mol. The summed E-state index contributed by atoms with van der Waals surface area (Å²) in [7, 11) is 0. The molecule has 0 saturated heterocycles. The topological polar surface area (TPSA) is 29.5 Å². The monoisotopic (exact) mass is 817 g/mol. The van der Waals surface area contributed by atoms with Gasteiger partial charge in [-0.3, -0.25) is 0 Å². The Balaban J connectivity index is 1.05. The first-order chi connectivity index (χ1) is 31.7. The first-order valence-electron chi connectivity index (χ1n) is 21.9. The van der Waals surface area contributed by atoms with Gasteiger partial charge in [0, 0.05) is 27.5 Å². The summed E-state index contributed by atoms with van der Waals surface area (Å²) in [6, 6.07) is 85.2. The summed E-state index contributed by atoms with van der Waals surface area (Å²) in [6.45, 7) is 0. The third-order valence-corrected chi connectivity index (χ3v) is 13.3. The van der Waals surface area contributed by atoms with E-state index in [1.54, 1.807) is 0 Å². The van der Waals surface area contributed by atoms with Gasteiger partial charge in [0.2, 0.25) is 0 Å². The molecule has 2 aromatic heterocycles. The van der Waals surface area contributed by atoms with E-state index in [-0.39, 0.29) is 0 Å². The Morgan fingerprint density at radius 3 is 1.56 bits per heavy atom. The van der Waals surface area contributed by atoms with E-state index in [1.807, 2.05) is 0 Å². The van der Waals surface area contributed by atoms with Gasteiger partial charge in [0.25, 0.3) is 0 Å². The summed E-state index contributed by atoms with van der Waals surface area (Å²) in [4.78, 5) is 2.41. The van der Waals surface area contributed by atoms with Crippen LogP contribution < -0.4 is 4.90 Å². The van der Waals surface area contributed by atoms with E-state index < -0.39 is 5.41 Å². The first-order valence-corrected chi connectivity index (χ1v) is 21.9. The van der Waals surface area contributed by atoms with Crippen molar-refractivity contribution in [3.63, 3.8) is 0 Å². The van der Waals surface area contributed by atoms with Crippen LogP contribution in [0.5, 0.6) is 0 Å². The van der Waals surface area contributed by atoms with E-state index in [9.17, 15) is 0 Å². The summed E-state index contributed by atoms with van der Waals surface area (Å²) >= 11 is 0. The van der Waals surface area contributed by atoms with Gasteiger partial charge >= 0.3 is 0 Å². The summed E-state index contributed by atoms with van der Waals surface area (Å²) in [6.07, 6.45) is 0. The molecule has 0 aliphatic heterocycles. The third-order valence-electron chi connectivity index (χ3n) is 13.3. The summed E-state index contributed by atoms with van der Waals surface area (Å²) in [5.41, 5.74) is 18.0. The van der Waals surface area contributed by atoms with Crippen LogP contribution in [0.3, 0.4) is 0 Å². The van der Waals surface area contributed by atoms with Crippen molar-refractivity contribution in [2.45, 2.75) is 5.41 Å². The van der Waals surface area contributed by atoms with Gasteiger partial charge in [-0.2, -0.15) is 0 Å². The van der Waals surface area contributed by atoms with Crippen molar-refractivity contribution in [2.24, 2.45) is 0 Å². The van der Waals surface area contributed by atoms with E-state index in [4.69, 9.17) is 8.83 Å². The quantitative estimate of drug-likeness (QED) is 0.160. The SMILES string of the molecule is c1ccc(-c2ccc(N(c3ccc4c(c3)C(c3ccccc3)(c3ccccc3)c3ccccc3-4)c3cccc4oc5cc6c(cc5c34)oc3ccc(-c4ccccc4)cc36)cc2)cc1. The highest BCUT2D eigenvalue weighted by atomic mass is 16.3. The molecule has 2 heterocycles. The second-order valence-corrected chi connectivity index (χ2v) is 16.8. The average Bonchev–Trinajstić information content (AvgIpc) is 4.02. The van der Waals surface area contributed by atoms with Crippen molar-refractivity contribution in [1.29, 1.82) is 0 Å². The summed E-state index contributed by atoms with van der Waals surface area (Å²) in [5, 5.41) is 4.13. The Morgan fingerprint density at radius 1 is 0.312 bits per heavy atom. The molecule has 0 radical (unpaired) electrons. The highest BCUT2D eigenvalue weighted by Gasteiger charge is 2.46. The molecular weight excluding hydrogens is 779 g/mol. The number of benzene rings is 10. The molecule has 0 amide bonds. The molecule has 3 nitrogen and oxygen atoms in total. The predicted octanol–water partition coefficient (Wildman–Crippen LogP) is 16.7. The van der Waals surface area contributed by atoms with E-state index in [2.05, 4.69) is 241 Å². The van der Waals surface area contributed by atoms with Crippen LogP contribution in [0.1, 0.15) is 22.3 Å². The standard InChI is InChI=1S/C61H39NO2/c1-5-16-40(17-6-1)42-28-31-46(32-29-42)62(47-33-34-49-48-24-13-14-25-53(48)61(54(49)37-47,44-20-9-3-10-21-44)45-22-11-4-12-23-45)55-26-15-27-57-60(55)52-39-58-51(38-59(52)64-57)50-36-43(30-35-56(50)63-58)41-18-7-2-8-19-41/h1-39H. The second kappa shape index (κ2) is 14.3. The lowest BCUT2D eigenvalue weighted by Crippen LogP contribution is -2.28. The van der Waals surface area contributed by atoms with Crippen LogP contribution in [0, 0.1) is 0 Å². The van der Waals surface area contributed by atoms with E-state index in [1.165, 1.54) is 44.5 Å². The van der Waals surface area contributed by atoms with Gasteiger partial charge in [0.1, 0.15) is 22.3 Å². The third kappa shape index (κ3) is 5.47. The van der Waals surface area contributed by atoms with Gasteiger partial charge in [0.05, 0.1) is 16.5 Å². The lowest BCUT2D eigenvalue weighted by molar-refractivity contribution is 0.664. The van der Waals surface area contributed by atoms with Crippen LogP contribution in [-0.2, 0) is 5.41 Å². The highest BCUT2D eigenvalue weighted by Crippen LogP contribution is 2.57. The van der Waals surface area contributed by atoms with Crippen molar-refractivity contribution in [2.75, 3.05) is 4.90 Å². The number of fused-ring (bicyclic) bond motifs is 9. The van der Waals surface area contributed by atoms with Crippen LogP contribution in [-0.4, -0.2) is 0 Å². The number of nitrogens with zero attached hydrogens (tertiary/aromatic N) is 1. The summed E-state index contributed by atoms with van der Waals surface area (Å²) in [5.74, 6) is 0. The zero-order chi connectivity index (χ0) is 42.2. The number of hydrogen-bond acceptors (Lipinski definition) is 3. The molecule has 1 aliphatic carbocycles. The maximum atomic E-state index is 6.83. The maximum absolute atomic E-state index is 6.83. The molecular formula is C61H39NO2. The number of anilines is 3. The van der Waals surface area contributed by atoms with Gasteiger partial charge in [-0.1, -0.05) is 176 Å². The fourth-order valence-electron chi connectivity index (χ4n) is 10.5. The largest absolute Gasteiger partial charge is 0.456 e. The smallest absolute Gasteiger partial charge is 0.137 e. The maximum Gasteiger partial charge on any atom is 0.137 e. The van der Waals surface area contributed by atoms with E-state index >= 15 is 0 Å². The molecule has 0 fully saturated rings. The molecule has 64 heavy (non-hydrogen) atoms. The number of furan rings is 2. The fraction of sp³-hybridized carbons (Fsp3) is 0.0164. The van der Waals surface area contributed by atoms with E-state index in [0.717, 1.165) is 72.1 Å². The van der Waals surface area contributed by atoms with Gasteiger partial charge < -0.3 is 13.7 Å². The predicted molar refractivity (Wildman–Crippen MR) is 264 cm³/mol. The Labute approximate surface area is 370 Å². The molecule has 0 atom stereocenters. The zero-order valence-corrected chi connectivity index (χ0v) is 34.8. The molecule has 10 aromatic carbocycles. The molecule has 0 saturated carbocycles. The van der Waals surface area contributed by atoms with Crippen molar-refractivity contribution >= 4 is 60.9 Å². The molecule has 0 spiro atoms. The summed E-state index contributed by atoms with van der Waals surface area (Å²) < 4.78 is 13.5. The Hall–Kier alpha value is -8.40. The molecule has 0 unspecified atom stereocenters. The van der Waals surface area contributed by atoms with Crippen LogP contribution in [0.4, 0.5) is 17.1 Å². The van der Waals surface area contributed by atoms with Crippen LogP contribution in [0.15, 0.2) is 245 Å². The second-order valence-electron chi connectivity index (χ2n) is 16.8. The Morgan fingerprint density at radius 2 is 0.844 bits per heavy atom. The van der Waals surface area contributed by atoms with Crippen molar-refractivity contribution in [3.8, 4) is 33.4 Å². The minimum absolute atomic E-state index is 0.547. The van der Waals surface area contributed by atoms with Gasteiger partial charge in [-0.15, -0.1) is 0 Å². The van der Waals surface area contributed by atoms with Crippen LogP contribution >= 0.6 is 0 Å². The molecule has 0 N–H and O–H groups in total. The van der Waals surface area contributed by atoms with Gasteiger partial charge in [0.15, 0.2) is 0 Å². The van der Waals surface area contributed by atoms with Crippen molar-refractivity contribution in [3.05, 3.63) is 259 Å². The van der Waals surface area contributed by atoms with Gasteiger partial charge in [-0.25, -0.2) is 0 Å². The normalized spacial score (nSPS) is 12.8. The molecule has 12 aromatic rings. The zero-order valence-electron chi connectivity index (χ0n) is 34.8. The lowest BCUT2D eigenvalue weighted by atomic mass is 9.67.